The maximum Gasteiger partial charge on any atom is 0.0345 e. The Kier molecular flexibility index (Phi) is 7.37. The summed E-state index contributed by atoms with van der Waals surface area (Å²) in [4.78, 5) is 5.21. The standard InChI is InChI=1S/C28H18Br4S2/c1-15-3-9-27(33-15)17-5-7-19(23(29)11-17)21-13-26(32)22(14-25(21)31)20-8-6-18(12-24(20)30)28-10-4-16(2)34-28/h3-14H,1-2H3. The molecule has 0 atom stereocenters. The SMILES string of the molecule is Cc1ccc(-c2ccc(-c3cc(Br)c(-c4ccc(-c5ccc(C)s5)cc4Br)cc3Br)c(Br)c2)s1. The van der Waals surface area contributed by atoms with E-state index in [0.717, 1.165) is 40.1 Å². The Hall–Kier alpha value is -1.02. The van der Waals surface area contributed by atoms with Gasteiger partial charge in [-0.3, -0.25) is 0 Å². The molecule has 2 aromatic heterocycles. The van der Waals surface area contributed by atoms with Gasteiger partial charge in [-0.2, -0.15) is 0 Å². The van der Waals surface area contributed by atoms with Crippen LogP contribution in [-0.2, 0) is 0 Å². The van der Waals surface area contributed by atoms with Crippen molar-refractivity contribution < 1.29 is 0 Å². The lowest BCUT2D eigenvalue weighted by atomic mass is 9.98. The third kappa shape index (κ3) is 4.95. The van der Waals surface area contributed by atoms with Gasteiger partial charge in [0, 0.05) is 37.4 Å². The molecule has 5 aromatic rings. The van der Waals surface area contributed by atoms with Crippen molar-refractivity contribution in [1.29, 1.82) is 0 Å². The van der Waals surface area contributed by atoms with Gasteiger partial charge in [0.05, 0.1) is 0 Å². The molecular weight excluding hydrogens is 720 g/mol. The molecule has 0 N–H and O–H groups in total. The molecule has 0 radical (unpaired) electrons. The molecule has 170 valence electrons. The lowest BCUT2D eigenvalue weighted by molar-refractivity contribution is 1.51. The molecule has 0 saturated carbocycles. The second-order valence-electron chi connectivity index (χ2n) is 8.02. The van der Waals surface area contributed by atoms with Crippen LogP contribution in [0.2, 0.25) is 0 Å². The molecular formula is C28H18Br4S2. The van der Waals surface area contributed by atoms with Gasteiger partial charge in [-0.15, -0.1) is 22.7 Å². The third-order valence-electron chi connectivity index (χ3n) is 5.62. The monoisotopic (exact) mass is 734 g/mol. The molecule has 5 rings (SSSR count). The molecule has 34 heavy (non-hydrogen) atoms. The van der Waals surface area contributed by atoms with Crippen LogP contribution in [0.1, 0.15) is 9.75 Å². The zero-order valence-electron chi connectivity index (χ0n) is 18.3. The van der Waals surface area contributed by atoms with Gasteiger partial charge >= 0.3 is 0 Å². The number of aryl methyl sites for hydroxylation is 2. The number of benzene rings is 3. The quantitative estimate of drug-likeness (QED) is 0.172. The molecule has 0 nitrogen and oxygen atoms in total. The molecule has 0 aliphatic heterocycles. The maximum absolute atomic E-state index is 3.84. The minimum absolute atomic E-state index is 1.05. The summed E-state index contributed by atoms with van der Waals surface area (Å²) < 4.78 is 4.26. The van der Waals surface area contributed by atoms with Crippen molar-refractivity contribution in [3.63, 3.8) is 0 Å². The Morgan fingerprint density at radius 1 is 0.441 bits per heavy atom. The normalized spacial score (nSPS) is 11.2. The average molecular weight is 738 g/mol. The van der Waals surface area contributed by atoms with E-state index in [4.69, 9.17) is 0 Å². The van der Waals surface area contributed by atoms with Gasteiger partial charge in [0.15, 0.2) is 0 Å². The van der Waals surface area contributed by atoms with Crippen LogP contribution in [0, 0.1) is 13.8 Å². The number of halogens is 4. The zero-order valence-corrected chi connectivity index (χ0v) is 26.2. The highest BCUT2D eigenvalue weighted by atomic mass is 79.9. The molecule has 0 aliphatic carbocycles. The first kappa shape index (κ1) is 24.7. The summed E-state index contributed by atoms with van der Waals surface area (Å²) in [6, 6.07) is 26.3. The summed E-state index contributed by atoms with van der Waals surface area (Å²) in [6.45, 7) is 4.28. The van der Waals surface area contributed by atoms with Crippen molar-refractivity contribution in [2.45, 2.75) is 13.8 Å². The summed E-state index contributed by atoms with van der Waals surface area (Å²) in [7, 11) is 0. The summed E-state index contributed by atoms with van der Waals surface area (Å²) in [5, 5.41) is 0. The minimum atomic E-state index is 1.05. The van der Waals surface area contributed by atoms with E-state index in [2.05, 4.69) is 150 Å². The van der Waals surface area contributed by atoms with E-state index in [0.29, 0.717) is 0 Å². The first-order valence-corrected chi connectivity index (χ1v) is 15.3. The molecule has 0 amide bonds. The van der Waals surface area contributed by atoms with Crippen LogP contribution in [0.5, 0.6) is 0 Å². The first-order chi connectivity index (χ1) is 16.3. The average Bonchev–Trinajstić information content (AvgIpc) is 3.44. The van der Waals surface area contributed by atoms with Crippen molar-refractivity contribution in [3.05, 3.63) is 100 Å². The van der Waals surface area contributed by atoms with E-state index in [1.807, 2.05) is 22.7 Å². The number of hydrogen-bond acceptors (Lipinski definition) is 2. The van der Waals surface area contributed by atoms with Gasteiger partial charge in [-0.25, -0.2) is 0 Å². The van der Waals surface area contributed by atoms with Crippen molar-refractivity contribution in [2.24, 2.45) is 0 Å². The lowest BCUT2D eigenvalue weighted by Gasteiger charge is -2.14. The van der Waals surface area contributed by atoms with Gasteiger partial charge in [-0.1, -0.05) is 88.0 Å². The molecule has 0 aliphatic rings. The van der Waals surface area contributed by atoms with Gasteiger partial charge in [0.1, 0.15) is 0 Å². The molecule has 2 heterocycles. The molecule has 3 aromatic carbocycles. The minimum Gasteiger partial charge on any atom is -0.141 e. The van der Waals surface area contributed by atoms with E-state index >= 15 is 0 Å². The number of thiophene rings is 2. The van der Waals surface area contributed by atoms with Crippen LogP contribution in [-0.4, -0.2) is 0 Å². The summed E-state index contributed by atoms with van der Waals surface area (Å²) in [5.41, 5.74) is 7.03. The van der Waals surface area contributed by atoms with Crippen LogP contribution in [0.3, 0.4) is 0 Å². The van der Waals surface area contributed by atoms with Gasteiger partial charge in [0.25, 0.3) is 0 Å². The lowest BCUT2D eigenvalue weighted by Crippen LogP contribution is -1.88. The van der Waals surface area contributed by atoms with Gasteiger partial charge in [0.2, 0.25) is 0 Å². The van der Waals surface area contributed by atoms with Crippen molar-refractivity contribution >= 4 is 86.4 Å². The van der Waals surface area contributed by atoms with E-state index in [1.54, 1.807) is 0 Å². The van der Waals surface area contributed by atoms with Crippen LogP contribution in [0.4, 0.5) is 0 Å². The van der Waals surface area contributed by atoms with Crippen LogP contribution >= 0.6 is 86.4 Å². The predicted molar refractivity (Wildman–Crippen MR) is 164 cm³/mol. The van der Waals surface area contributed by atoms with E-state index < -0.39 is 0 Å². The van der Waals surface area contributed by atoms with Crippen molar-refractivity contribution in [1.82, 2.24) is 0 Å². The van der Waals surface area contributed by atoms with E-state index in [-0.39, 0.29) is 0 Å². The molecule has 6 heteroatoms. The highest BCUT2D eigenvalue weighted by Crippen LogP contribution is 2.44. The summed E-state index contributed by atoms with van der Waals surface area (Å²) in [5.74, 6) is 0. The number of rotatable bonds is 4. The van der Waals surface area contributed by atoms with E-state index in [9.17, 15) is 0 Å². The van der Waals surface area contributed by atoms with Crippen LogP contribution in [0.25, 0.3) is 43.1 Å². The Morgan fingerprint density at radius 3 is 1.15 bits per heavy atom. The molecule has 0 bridgehead atoms. The fourth-order valence-corrected chi connectivity index (χ4v) is 7.94. The predicted octanol–water partition coefficient (Wildman–Crippen LogP) is 12.1. The maximum atomic E-state index is 3.84. The second kappa shape index (κ2) is 10.2. The Labute approximate surface area is 241 Å². The Morgan fingerprint density at radius 2 is 0.824 bits per heavy atom. The summed E-state index contributed by atoms with van der Waals surface area (Å²) in [6.07, 6.45) is 0. The smallest absolute Gasteiger partial charge is 0.0345 e. The highest BCUT2D eigenvalue weighted by Gasteiger charge is 2.16. The fourth-order valence-electron chi connectivity index (χ4n) is 3.91. The Balaban J connectivity index is 1.51. The molecule has 0 unspecified atom stereocenters. The fraction of sp³-hybridized carbons (Fsp3) is 0.0714. The molecule has 0 saturated heterocycles. The second-order valence-corrected chi connectivity index (χ2v) is 14.0. The molecule has 0 fully saturated rings. The Bertz CT molecular complexity index is 1410. The highest BCUT2D eigenvalue weighted by molar-refractivity contribution is 9.11. The van der Waals surface area contributed by atoms with Gasteiger partial charge in [-0.05, 0) is 95.8 Å². The van der Waals surface area contributed by atoms with Crippen LogP contribution < -0.4 is 0 Å². The topological polar surface area (TPSA) is 0 Å². The molecule has 0 spiro atoms. The van der Waals surface area contributed by atoms with Crippen LogP contribution in [0.15, 0.2) is 90.7 Å². The first-order valence-electron chi connectivity index (χ1n) is 10.5. The van der Waals surface area contributed by atoms with Gasteiger partial charge < -0.3 is 0 Å². The zero-order chi connectivity index (χ0) is 24.0. The third-order valence-corrected chi connectivity index (χ3v) is 10.3. The van der Waals surface area contributed by atoms with E-state index in [1.165, 1.54) is 30.6 Å². The largest absolute Gasteiger partial charge is 0.141 e. The van der Waals surface area contributed by atoms with Crippen molar-refractivity contribution in [2.75, 3.05) is 0 Å². The summed E-state index contributed by atoms with van der Waals surface area (Å²) >= 11 is 18.9. The van der Waals surface area contributed by atoms with Crippen molar-refractivity contribution in [3.8, 4) is 43.1 Å². The number of hydrogen-bond donors (Lipinski definition) is 0.